The maximum absolute atomic E-state index is 5.60. The number of nitrogens with zero attached hydrogens (tertiary/aromatic N) is 3. The van der Waals surface area contributed by atoms with Gasteiger partial charge in [-0.1, -0.05) is 5.16 Å². The van der Waals surface area contributed by atoms with Crippen molar-refractivity contribution in [3.63, 3.8) is 0 Å². The largest absolute Gasteiger partial charge is 0.376 e. The van der Waals surface area contributed by atoms with Crippen LogP contribution in [0.3, 0.4) is 0 Å². The lowest BCUT2D eigenvalue weighted by Gasteiger charge is -2.35. The number of ether oxygens (including phenoxy) is 1. The molecule has 1 saturated carbocycles. The van der Waals surface area contributed by atoms with E-state index in [4.69, 9.17) is 9.26 Å². The van der Waals surface area contributed by atoms with Crippen molar-refractivity contribution >= 4 is 0 Å². The smallest absolute Gasteiger partial charge is 0.240 e. The van der Waals surface area contributed by atoms with Gasteiger partial charge in [0.05, 0.1) is 19.3 Å². The van der Waals surface area contributed by atoms with Gasteiger partial charge in [-0.3, -0.25) is 4.90 Å². The monoisotopic (exact) mass is 237 g/mol. The van der Waals surface area contributed by atoms with Crippen molar-refractivity contribution in [2.75, 3.05) is 13.2 Å². The molecule has 3 rings (SSSR count). The van der Waals surface area contributed by atoms with E-state index in [-0.39, 0.29) is 6.10 Å². The Morgan fingerprint density at radius 2 is 2.18 bits per heavy atom. The van der Waals surface area contributed by atoms with Gasteiger partial charge in [0.25, 0.3) is 0 Å². The highest BCUT2D eigenvalue weighted by atomic mass is 16.5. The molecule has 5 heteroatoms. The molecule has 1 aromatic heterocycles. The lowest BCUT2D eigenvalue weighted by molar-refractivity contribution is -0.0555. The van der Waals surface area contributed by atoms with Crippen molar-refractivity contribution < 1.29 is 9.26 Å². The molecule has 1 saturated heterocycles. The maximum Gasteiger partial charge on any atom is 0.240 e. The summed E-state index contributed by atoms with van der Waals surface area (Å²) in [4.78, 5) is 6.81. The minimum Gasteiger partial charge on any atom is -0.376 e. The maximum atomic E-state index is 5.60. The summed E-state index contributed by atoms with van der Waals surface area (Å²) in [6, 6.07) is 0.419. The van der Waals surface area contributed by atoms with Gasteiger partial charge in [0.15, 0.2) is 5.82 Å². The molecule has 0 aromatic carbocycles. The Balaban J connectivity index is 1.63. The second-order valence-electron chi connectivity index (χ2n) is 5.24. The second-order valence-corrected chi connectivity index (χ2v) is 5.24. The zero-order valence-electron chi connectivity index (χ0n) is 10.4. The third-order valence-electron chi connectivity index (χ3n) is 3.50. The zero-order valence-corrected chi connectivity index (χ0v) is 10.4. The van der Waals surface area contributed by atoms with Gasteiger partial charge in [-0.25, -0.2) is 0 Å². The molecule has 2 atom stereocenters. The van der Waals surface area contributed by atoms with Crippen LogP contribution in [0.25, 0.3) is 0 Å². The SMILES string of the molecule is C[C@@H]1CN(Cc2nc(C3CC3)no2)[C@@H](C)CO1. The van der Waals surface area contributed by atoms with Crippen LogP contribution in [0, 0.1) is 0 Å². The van der Waals surface area contributed by atoms with Crippen LogP contribution in [0.1, 0.15) is 44.3 Å². The van der Waals surface area contributed by atoms with Gasteiger partial charge in [0.1, 0.15) is 0 Å². The van der Waals surface area contributed by atoms with Gasteiger partial charge in [0.2, 0.25) is 5.89 Å². The lowest BCUT2D eigenvalue weighted by atomic mass is 10.2. The van der Waals surface area contributed by atoms with E-state index in [1.807, 2.05) is 0 Å². The molecule has 0 unspecified atom stereocenters. The summed E-state index contributed by atoms with van der Waals surface area (Å²) in [5.41, 5.74) is 0. The Morgan fingerprint density at radius 1 is 1.35 bits per heavy atom. The highest BCUT2D eigenvalue weighted by molar-refractivity contribution is 5.03. The summed E-state index contributed by atoms with van der Waals surface area (Å²) in [7, 11) is 0. The molecule has 0 bridgehead atoms. The summed E-state index contributed by atoms with van der Waals surface area (Å²) in [5, 5.41) is 4.04. The van der Waals surface area contributed by atoms with E-state index < -0.39 is 0 Å². The molecular weight excluding hydrogens is 218 g/mol. The van der Waals surface area contributed by atoms with Crippen LogP contribution in [0.4, 0.5) is 0 Å². The van der Waals surface area contributed by atoms with Crippen molar-refractivity contribution in [1.29, 1.82) is 0 Å². The predicted molar refractivity (Wildman–Crippen MR) is 61.6 cm³/mol. The Kier molecular flexibility index (Phi) is 2.88. The minimum atomic E-state index is 0.289. The molecule has 2 aliphatic rings. The van der Waals surface area contributed by atoms with Crippen LogP contribution in [-0.4, -0.2) is 40.3 Å². The molecule has 0 N–H and O–H groups in total. The highest BCUT2D eigenvalue weighted by Gasteiger charge is 2.30. The molecule has 1 aromatic rings. The first-order chi connectivity index (χ1) is 8.22. The van der Waals surface area contributed by atoms with Gasteiger partial charge >= 0.3 is 0 Å². The quantitative estimate of drug-likeness (QED) is 0.798. The van der Waals surface area contributed by atoms with E-state index in [0.717, 1.165) is 31.4 Å². The molecule has 0 radical (unpaired) electrons. The van der Waals surface area contributed by atoms with Crippen molar-refractivity contribution in [3.05, 3.63) is 11.7 Å². The number of rotatable bonds is 3. The first kappa shape index (κ1) is 11.2. The van der Waals surface area contributed by atoms with Gasteiger partial charge in [0, 0.05) is 18.5 Å². The third-order valence-corrected chi connectivity index (χ3v) is 3.50. The normalized spacial score (nSPS) is 30.7. The van der Waals surface area contributed by atoms with E-state index in [9.17, 15) is 0 Å². The van der Waals surface area contributed by atoms with E-state index in [2.05, 4.69) is 28.9 Å². The van der Waals surface area contributed by atoms with Crippen LogP contribution < -0.4 is 0 Å². The third kappa shape index (κ3) is 2.50. The highest BCUT2D eigenvalue weighted by Crippen LogP contribution is 2.38. The fourth-order valence-corrected chi connectivity index (χ4v) is 2.21. The second kappa shape index (κ2) is 4.38. The number of aromatic nitrogens is 2. The fraction of sp³-hybridized carbons (Fsp3) is 0.833. The summed E-state index contributed by atoms with van der Waals surface area (Å²) in [6.07, 6.45) is 2.71. The molecule has 0 spiro atoms. The summed E-state index contributed by atoms with van der Waals surface area (Å²) < 4.78 is 10.9. The van der Waals surface area contributed by atoms with Crippen LogP contribution >= 0.6 is 0 Å². The molecular formula is C12H19N3O2. The van der Waals surface area contributed by atoms with Gasteiger partial charge in [-0.15, -0.1) is 0 Å². The Hall–Kier alpha value is -0.940. The Labute approximate surface area is 101 Å². The summed E-state index contributed by atoms with van der Waals surface area (Å²) in [5.74, 6) is 2.20. The Bertz CT molecular complexity index is 389. The number of morpholine rings is 1. The number of hydrogen-bond donors (Lipinski definition) is 0. The average Bonchev–Trinajstić information content (AvgIpc) is 3.05. The molecule has 1 aliphatic heterocycles. The van der Waals surface area contributed by atoms with E-state index in [0.29, 0.717) is 12.0 Å². The van der Waals surface area contributed by atoms with Crippen LogP contribution in [0.15, 0.2) is 4.52 Å². The summed E-state index contributed by atoms with van der Waals surface area (Å²) >= 11 is 0. The van der Waals surface area contributed by atoms with Crippen molar-refractivity contribution in [2.45, 2.75) is 51.3 Å². The molecule has 0 amide bonds. The van der Waals surface area contributed by atoms with Crippen LogP contribution in [0.5, 0.6) is 0 Å². The molecule has 5 nitrogen and oxygen atoms in total. The van der Waals surface area contributed by atoms with E-state index in [1.54, 1.807) is 0 Å². The van der Waals surface area contributed by atoms with Crippen molar-refractivity contribution in [1.82, 2.24) is 15.0 Å². The molecule has 2 fully saturated rings. The van der Waals surface area contributed by atoms with Crippen LogP contribution in [-0.2, 0) is 11.3 Å². The Morgan fingerprint density at radius 3 is 2.94 bits per heavy atom. The minimum absolute atomic E-state index is 0.289. The van der Waals surface area contributed by atoms with Gasteiger partial charge < -0.3 is 9.26 Å². The first-order valence-corrected chi connectivity index (χ1v) is 6.40. The lowest BCUT2D eigenvalue weighted by Crippen LogP contribution is -2.46. The average molecular weight is 237 g/mol. The molecule has 1 aliphatic carbocycles. The fourth-order valence-electron chi connectivity index (χ4n) is 2.21. The standard InChI is InChI=1S/C12H19N3O2/c1-8-7-16-9(2)5-15(8)6-11-13-12(14-17-11)10-3-4-10/h8-10H,3-7H2,1-2H3/t8-,9+/m0/s1. The number of hydrogen-bond acceptors (Lipinski definition) is 5. The van der Waals surface area contributed by atoms with E-state index in [1.165, 1.54) is 12.8 Å². The van der Waals surface area contributed by atoms with E-state index >= 15 is 0 Å². The molecule has 2 heterocycles. The topological polar surface area (TPSA) is 51.4 Å². The zero-order chi connectivity index (χ0) is 11.8. The first-order valence-electron chi connectivity index (χ1n) is 6.40. The molecule has 94 valence electrons. The molecule has 17 heavy (non-hydrogen) atoms. The van der Waals surface area contributed by atoms with Gasteiger partial charge in [-0.2, -0.15) is 4.98 Å². The van der Waals surface area contributed by atoms with Gasteiger partial charge in [-0.05, 0) is 26.7 Å². The van der Waals surface area contributed by atoms with Crippen molar-refractivity contribution in [2.24, 2.45) is 0 Å². The summed E-state index contributed by atoms with van der Waals surface area (Å²) in [6.45, 7) is 6.73. The predicted octanol–water partition coefficient (Wildman–Crippen LogP) is 1.56. The van der Waals surface area contributed by atoms with Crippen LogP contribution in [0.2, 0.25) is 0 Å². The van der Waals surface area contributed by atoms with Crippen molar-refractivity contribution in [3.8, 4) is 0 Å².